The number of Topliss-reactive ketones (excluding diaryl/α,β-unsaturated/α-hetero) is 1. The van der Waals surface area contributed by atoms with Gasteiger partial charge in [0.1, 0.15) is 0 Å². The molecular weight excluding hydrogens is 416 g/mol. The molecule has 26 heavy (non-hydrogen) atoms. The number of esters is 1. The highest BCUT2D eigenvalue weighted by Crippen LogP contribution is 2.25. The van der Waals surface area contributed by atoms with Gasteiger partial charge in [-0.15, -0.1) is 0 Å². The molecule has 0 aliphatic rings. The maximum absolute atomic E-state index is 12.9. The maximum atomic E-state index is 12.9. The summed E-state index contributed by atoms with van der Waals surface area (Å²) in [6, 6.07) is 22.2. The predicted octanol–water partition coefficient (Wildman–Crippen LogP) is 5.88. The summed E-state index contributed by atoms with van der Waals surface area (Å²) in [5.74, 6) is -0.861. The number of hydrogen-bond acceptors (Lipinski definition) is 3. The van der Waals surface area contributed by atoms with Crippen LogP contribution in [0.15, 0.2) is 83.3 Å². The van der Waals surface area contributed by atoms with Crippen molar-refractivity contribution in [3.63, 3.8) is 0 Å². The van der Waals surface area contributed by atoms with Crippen LogP contribution in [0.2, 0.25) is 5.02 Å². The average molecular weight is 430 g/mol. The van der Waals surface area contributed by atoms with Crippen molar-refractivity contribution in [2.24, 2.45) is 0 Å². The fourth-order valence-corrected chi connectivity index (χ4v) is 2.82. The maximum Gasteiger partial charge on any atom is 0.339 e. The Morgan fingerprint density at radius 3 is 2.04 bits per heavy atom. The van der Waals surface area contributed by atoms with Gasteiger partial charge in [0.2, 0.25) is 5.78 Å². The third kappa shape index (κ3) is 4.40. The Kier molecular flexibility index (Phi) is 5.86. The number of ether oxygens (including phenoxy) is 1. The summed E-state index contributed by atoms with van der Waals surface area (Å²) in [5.41, 5.74) is 1.40. The molecule has 0 bridgehead atoms. The Labute approximate surface area is 164 Å². The van der Waals surface area contributed by atoms with Crippen molar-refractivity contribution in [3.8, 4) is 0 Å². The van der Waals surface area contributed by atoms with E-state index in [9.17, 15) is 9.59 Å². The number of benzene rings is 3. The Morgan fingerprint density at radius 2 is 1.42 bits per heavy atom. The van der Waals surface area contributed by atoms with Crippen LogP contribution in [0.5, 0.6) is 0 Å². The normalized spacial score (nSPS) is 11.6. The summed E-state index contributed by atoms with van der Waals surface area (Å²) in [6.45, 7) is 0. The molecule has 3 aromatic carbocycles. The van der Waals surface area contributed by atoms with Gasteiger partial charge >= 0.3 is 5.97 Å². The summed E-state index contributed by atoms with van der Waals surface area (Å²) in [6.07, 6.45) is -1.05. The predicted molar refractivity (Wildman–Crippen MR) is 105 cm³/mol. The Morgan fingerprint density at radius 1 is 0.808 bits per heavy atom. The van der Waals surface area contributed by atoms with Crippen LogP contribution in [-0.4, -0.2) is 11.8 Å². The molecular formula is C21H14BrClO3. The van der Waals surface area contributed by atoms with Gasteiger partial charge in [-0.2, -0.15) is 0 Å². The van der Waals surface area contributed by atoms with Gasteiger partial charge < -0.3 is 4.74 Å². The molecule has 0 heterocycles. The zero-order chi connectivity index (χ0) is 18.5. The molecule has 1 atom stereocenters. The third-order valence-electron chi connectivity index (χ3n) is 3.77. The molecule has 0 saturated heterocycles. The van der Waals surface area contributed by atoms with Gasteiger partial charge in [0, 0.05) is 20.6 Å². The van der Waals surface area contributed by atoms with Gasteiger partial charge in [0.15, 0.2) is 6.10 Å². The summed E-state index contributed by atoms with van der Waals surface area (Å²) in [5, 5.41) is 0.541. The number of ketones is 1. The van der Waals surface area contributed by atoms with Crippen molar-refractivity contribution in [2.75, 3.05) is 0 Å². The van der Waals surface area contributed by atoms with E-state index < -0.39 is 12.1 Å². The van der Waals surface area contributed by atoms with E-state index in [1.165, 1.54) is 0 Å². The molecule has 5 heteroatoms. The van der Waals surface area contributed by atoms with Crippen molar-refractivity contribution < 1.29 is 14.3 Å². The summed E-state index contributed by atoms with van der Waals surface area (Å²) in [7, 11) is 0. The Balaban J connectivity index is 1.92. The van der Waals surface area contributed by atoms with E-state index in [2.05, 4.69) is 15.9 Å². The first-order chi connectivity index (χ1) is 12.5. The van der Waals surface area contributed by atoms with Gasteiger partial charge in [-0.05, 0) is 36.4 Å². The van der Waals surface area contributed by atoms with E-state index in [4.69, 9.17) is 16.3 Å². The molecule has 0 radical (unpaired) electrons. The molecule has 1 unspecified atom stereocenters. The van der Waals surface area contributed by atoms with E-state index in [-0.39, 0.29) is 5.78 Å². The van der Waals surface area contributed by atoms with Crippen LogP contribution >= 0.6 is 27.5 Å². The zero-order valence-corrected chi connectivity index (χ0v) is 15.9. The first-order valence-electron chi connectivity index (χ1n) is 7.86. The molecule has 0 saturated carbocycles. The Hall–Kier alpha value is -2.43. The van der Waals surface area contributed by atoms with Crippen LogP contribution in [0.4, 0.5) is 0 Å². The van der Waals surface area contributed by atoms with E-state index in [1.54, 1.807) is 72.8 Å². The molecule has 0 fully saturated rings. The number of hydrogen-bond donors (Lipinski definition) is 0. The lowest BCUT2D eigenvalue weighted by molar-refractivity contribution is 0.0280. The van der Waals surface area contributed by atoms with Crippen molar-refractivity contribution in [1.29, 1.82) is 0 Å². The zero-order valence-electron chi connectivity index (χ0n) is 13.6. The van der Waals surface area contributed by atoms with Crippen LogP contribution in [0.25, 0.3) is 0 Å². The minimum Gasteiger partial charge on any atom is -0.445 e. The van der Waals surface area contributed by atoms with Crippen molar-refractivity contribution in [3.05, 3.63) is 105 Å². The SMILES string of the molecule is O=C(OC(C(=O)c1ccccc1)c1ccc(Cl)cc1)c1ccc(Br)cc1. The molecule has 0 N–H and O–H groups in total. The molecule has 0 aliphatic heterocycles. The summed E-state index contributed by atoms with van der Waals surface area (Å²) >= 11 is 9.26. The fraction of sp³-hybridized carbons (Fsp3) is 0.0476. The molecule has 3 aromatic rings. The topological polar surface area (TPSA) is 43.4 Å². The molecule has 0 aromatic heterocycles. The third-order valence-corrected chi connectivity index (χ3v) is 4.55. The van der Waals surface area contributed by atoms with Crippen LogP contribution in [0.1, 0.15) is 32.4 Å². The van der Waals surface area contributed by atoms with Crippen molar-refractivity contribution in [1.82, 2.24) is 0 Å². The second-order valence-electron chi connectivity index (χ2n) is 5.57. The first kappa shape index (κ1) is 18.4. The average Bonchev–Trinajstić information content (AvgIpc) is 2.67. The quantitative estimate of drug-likeness (QED) is 0.375. The monoisotopic (exact) mass is 428 g/mol. The van der Waals surface area contributed by atoms with E-state index in [0.717, 1.165) is 4.47 Å². The molecule has 0 aliphatic carbocycles. The highest BCUT2D eigenvalue weighted by molar-refractivity contribution is 9.10. The molecule has 130 valence electrons. The summed E-state index contributed by atoms with van der Waals surface area (Å²) < 4.78 is 6.42. The second kappa shape index (κ2) is 8.30. The number of rotatable bonds is 5. The fourth-order valence-electron chi connectivity index (χ4n) is 2.43. The Bertz CT molecular complexity index is 906. The minimum absolute atomic E-state index is 0.293. The minimum atomic E-state index is -1.05. The molecule has 3 rings (SSSR count). The van der Waals surface area contributed by atoms with Crippen LogP contribution in [0, 0.1) is 0 Å². The van der Waals surface area contributed by atoms with E-state index in [0.29, 0.717) is 21.7 Å². The highest BCUT2D eigenvalue weighted by Gasteiger charge is 2.26. The van der Waals surface area contributed by atoms with Crippen molar-refractivity contribution in [2.45, 2.75) is 6.10 Å². The molecule has 0 spiro atoms. The summed E-state index contributed by atoms with van der Waals surface area (Å²) in [4.78, 5) is 25.5. The van der Waals surface area contributed by atoms with Crippen LogP contribution in [0.3, 0.4) is 0 Å². The van der Waals surface area contributed by atoms with E-state index in [1.807, 2.05) is 6.07 Å². The smallest absolute Gasteiger partial charge is 0.339 e. The van der Waals surface area contributed by atoms with Crippen LogP contribution in [-0.2, 0) is 4.74 Å². The first-order valence-corrected chi connectivity index (χ1v) is 9.03. The van der Waals surface area contributed by atoms with Gasteiger partial charge in [-0.1, -0.05) is 70.0 Å². The number of carbonyl (C=O) groups excluding carboxylic acids is 2. The number of carbonyl (C=O) groups is 2. The molecule has 3 nitrogen and oxygen atoms in total. The number of halogens is 2. The second-order valence-corrected chi connectivity index (χ2v) is 6.93. The van der Waals surface area contributed by atoms with Crippen molar-refractivity contribution >= 4 is 39.3 Å². The molecule has 0 amide bonds. The van der Waals surface area contributed by atoms with Gasteiger partial charge in [-0.25, -0.2) is 4.79 Å². The largest absolute Gasteiger partial charge is 0.445 e. The van der Waals surface area contributed by atoms with E-state index >= 15 is 0 Å². The highest BCUT2D eigenvalue weighted by atomic mass is 79.9. The van der Waals surface area contributed by atoms with Gasteiger partial charge in [0.25, 0.3) is 0 Å². The lowest BCUT2D eigenvalue weighted by atomic mass is 9.99. The van der Waals surface area contributed by atoms with Gasteiger partial charge in [-0.3, -0.25) is 4.79 Å². The standard InChI is InChI=1S/C21H14BrClO3/c22-17-10-6-16(7-11-17)21(25)26-20(15-8-12-18(23)13-9-15)19(24)14-4-2-1-3-5-14/h1-13,20H. The van der Waals surface area contributed by atoms with Gasteiger partial charge in [0.05, 0.1) is 5.56 Å². The van der Waals surface area contributed by atoms with Crippen LogP contribution < -0.4 is 0 Å². The lowest BCUT2D eigenvalue weighted by Gasteiger charge is -2.17. The lowest BCUT2D eigenvalue weighted by Crippen LogP contribution is -2.20.